The molecule has 0 unspecified atom stereocenters. The van der Waals surface area contributed by atoms with E-state index in [1.54, 1.807) is 0 Å². The summed E-state index contributed by atoms with van der Waals surface area (Å²) in [6.07, 6.45) is 4.75. The molecule has 0 aliphatic heterocycles. The van der Waals surface area contributed by atoms with E-state index in [1.807, 2.05) is 0 Å². The largest absolute Gasteiger partial charge is 0.370 e. The van der Waals surface area contributed by atoms with Crippen LogP contribution in [-0.4, -0.2) is 29.6 Å². The molecule has 112 valence electrons. The first-order valence-corrected chi connectivity index (χ1v) is 8.08. The molecule has 1 aliphatic carbocycles. The summed E-state index contributed by atoms with van der Waals surface area (Å²) in [6.45, 7) is 11.8. The second kappa shape index (κ2) is 6.91. The van der Waals surface area contributed by atoms with Crippen LogP contribution < -0.4 is 10.2 Å². The molecule has 1 heterocycles. The molecule has 0 saturated heterocycles. The van der Waals surface area contributed by atoms with Crippen molar-refractivity contribution in [3.63, 3.8) is 0 Å². The highest BCUT2D eigenvalue weighted by Gasteiger charge is 2.28. The van der Waals surface area contributed by atoms with Crippen LogP contribution in [-0.2, 0) is 0 Å². The summed E-state index contributed by atoms with van der Waals surface area (Å²) in [6, 6.07) is 0. The first-order valence-electron chi connectivity index (χ1n) is 8.08. The summed E-state index contributed by atoms with van der Waals surface area (Å²) < 4.78 is 0. The third kappa shape index (κ3) is 3.41. The van der Waals surface area contributed by atoms with Gasteiger partial charge < -0.3 is 10.2 Å². The fourth-order valence-electron chi connectivity index (χ4n) is 2.45. The van der Waals surface area contributed by atoms with Crippen LogP contribution in [0.1, 0.15) is 63.8 Å². The van der Waals surface area contributed by atoms with Gasteiger partial charge >= 0.3 is 0 Å². The first kappa shape index (κ1) is 15.1. The number of anilines is 2. The summed E-state index contributed by atoms with van der Waals surface area (Å²) >= 11 is 0. The average molecular weight is 276 g/mol. The molecule has 0 atom stereocenters. The van der Waals surface area contributed by atoms with E-state index in [4.69, 9.17) is 9.97 Å². The van der Waals surface area contributed by atoms with Crippen molar-refractivity contribution < 1.29 is 0 Å². The summed E-state index contributed by atoms with van der Waals surface area (Å²) in [5.41, 5.74) is 1.19. The lowest BCUT2D eigenvalue weighted by atomic mass is 10.2. The highest BCUT2D eigenvalue weighted by molar-refractivity contribution is 5.59. The Balaban J connectivity index is 2.34. The van der Waals surface area contributed by atoms with Crippen molar-refractivity contribution in [3.05, 3.63) is 11.4 Å². The Labute approximate surface area is 123 Å². The molecule has 2 rings (SSSR count). The first-order chi connectivity index (χ1) is 9.71. The van der Waals surface area contributed by atoms with Crippen LogP contribution in [0.4, 0.5) is 11.6 Å². The van der Waals surface area contributed by atoms with E-state index >= 15 is 0 Å². The van der Waals surface area contributed by atoms with Crippen LogP contribution in [0.5, 0.6) is 0 Å². The van der Waals surface area contributed by atoms with Crippen LogP contribution in [0.25, 0.3) is 0 Å². The van der Waals surface area contributed by atoms with Crippen molar-refractivity contribution in [2.24, 2.45) is 0 Å². The Morgan fingerprint density at radius 1 is 1.15 bits per heavy atom. The highest BCUT2D eigenvalue weighted by atomic mass is 15.2. The van der Waals surface area contributed by atoms with E-state index in [0.29, 0.717) is 5.92 Å². The monoisotopic (exact) mass is 276 g/mol. The van der Waals surface area contributed by atoms with E-state index < -0.39 is 0 Å². The summed E-state index contributed by atoms with van der Waals surface area (Å²) in [7, 11) is 0. The zero-order valence-corrected chi connectivity index (χ0v) is 13.4. The lowest BCUT2D eigenvalue weighted by molar-refractivity contribution is 0.762. The van der Waals surface area contributed by atoms with Crippen LogP contribution in [0.15, 0.2) is 0 Å². The highest BCUT2D eigenvalue weighted by Crippen LogP contribution is 2.40. The molecule has 1 N–H and O–H groups in total. The number of aromatic nitrogens is 2. The van der Waals surface area contributed by atoms with Gasteiger partial charge in [0.05, 0.1) is 0 Å². The maximum Gasteiger partial charge on any atom is 0.137 e. The Morgan fingerprint density at radius 2 is 1.90 bits per heavy atom. The van der Waals surface area contributed by atoms with E-state index in [1.165, 1.54) is 18.4 Å². The fraction of sp³-hybridized carbons (Fsp3) is 0.750. The third-order valence-corrected chi connectivity index (χ3v) is 3.80. The van der Waals surface area contributed by atoms with Gasteiger partial charge in [-0.3, -0.25) is 0 Å². The van der Waals surface area contributed by atoms with E-state index in [9.17, 15) is 0 Å². The number of hydrogen-bond acceptors (Lipinski definition) is 4. The second-order valence-corrected chi connectivity index (χ2v) is 5.66. The summed E-state index contributed by atoms with van der Waals surface area (Å²) in [4.78, 5) is 12.0. The molecule has 0 radical (unpaired) electrons. The smallest absolute Gasteiger partial charge is 0.137 e. The van der Waals surface area contributed by atoms with Crippen molar-refractivity contribution in [1.29, 1.82) is 0 Å². The maximum absolute atomic E-state index is 4.87. The molecular weight excluding hydrogens is 248 g/mol. The topological polar surface area (TPSA) is 41.1 Å². The molecule has 1 aromatic rings. The van der Waals surface area contributed by atoms with Gasteiger partial charge in [-0.25, -0.2) is 9.97 Å². The fourth-order valence-corrected chi connectivity index (χ4v) is 2.45. The maximum atomic E-state index is 4.87. The molecule has 0 amide bonds. The Morgan fingerprint density at radius 3 is 2.45 bits per heavy atom. The number of rotatable bonds is 8. The number of hydrogen-bond donors (Lipinski definition) is 1. The minimum atomic E-state index is 0.594. The normalized spacial score (nSPS) is 14.4. The van der Waals surface area contributed by atoms with E-state index in [0.717, 1.165) is 49.9 Å². The van der Waals surface area contributed by atoms with Gasteiger partial charge in [-0.05, 0) is 39.5 Å². The minimum Gasteiger partial charge on any atom is -0.370 e. The van der Waals surface area contributed by atoms with Gasteiger partial charge in [0, 0.05) is 31.1 Å². The van der Waals surface area contributed by atoms with Crippen molar-refractivity contribution in [2.45, 2.75) is 59.3 Å². The zero-order valence-electron chi connectivity index (χ0n) is 13.4. The summed E-state index contributed by atoms with van der Waals surface area (Å²) in [5, 5.41) is 3.47. The Bertz CT molecular complexity index is 440. The molecule has 1 fully saturated rings. The molecule has 4 nitrogen and oxygen atoms in total. The van der Waals surface area contributed by atoms with Gasteiger partial charge in [-0.1, -0.05) is 13.8 Å². The van der Waals surface area contributed by atoms with Crippen molar-refractivity contribution in [1.82, 2.24) is 9.97 Å². The predicted octanol–water partition coefficient (Wildman–Crippen LogP) is 3.72. The number of nitrogens with one attached hydrogen (secondary N) is 1. The SMILES string of the molecule is CCCNc1nc(C2CC2)nc(N(CC)CCC)c1C. The molecule has 0 aromatic carbocycles. The quantitative estimate of drug-likeness (QED) is 0.785. The van der Waals surface area contributed by atoms with Gasteiger partial charge in [0.25, 0.3) is 0 Å². The van der Waals surface area contributed by atoms with Gasteiger partial charge in [-0.2, -0.15) is 0 Å². The Kier molecular flexibility index (Phi) is 5.21. The number of nitrogens with zero attached hydrogens (tertiary/aromatic N) is 3. The van der Waals surface area contributed by atoms with Crippen LogP contribution >= 0.6 is 0 Å². The minimum absolute atomic E-state index is 0.594. The molecule has 0 bridgehead atoms. The van der Waals surface area contributed by atoms with Crippen LogP contribution in [0, 0.1) is 6.92 Å². The molecule has 1 aliphatic rings. The lowest BCUT2D eigenvalue weighted by Gasteiger charge is -2.25. The molecular formula is C16H28N4. The summed E-state index contributed by atoms with van der Waals surface area (Å²) in [5.74, 6) is 3.80. The predicted molar refractivity (Wildman–Crippen MR) is 85.7 cm³/mol. The van der Waals surface area contributed by atoms with Gasteiger partial charge in [-0.15, -0.1) is 0 Å². The molecule has 1 aromatic heterocycles. The molecule has 20 heavy (non-hydrogen) atoms. The van der Waals surface area contributed by atoms with Crippen LogP contribution in [0.3, 0.4) is 0 Å². The third-order valence-electron chi connectivity index (χ3n) is 3.80. The van der Waals surface area contributed by atoms with Crippen molar-refractivity contribution in [3.8, 4) is 0 Å². The Hall–Kier alpha value is -1.32. The van der Waals surface area contributed by atoms with Crippen LogP contribution in [0.2, 0.25) is 0 Å². The standard InChI is InChI=1S/C16H28N4/c1-5-10-17-14-12(4)16(20(7-3)11-6-2)19-15(18-14)13-8-9-13/h13H,5-11H2,1-4H3,(H,17,18,19). The average Bonchev–Trinajstić information content (AvgIpc) is 3.28. The van der Waals surface area contributed by atoms with Crippen molar-refractivity contribution in [2.75, 3.05) is 29.9 Å². The molecule has 1 saturated carbocycles. The van der Waals surface area contributed by atoms with Gasteiger partial charge in [0.1, 0.15) is 17.5 Å². The van der Waals surface area contributed by atoms with Gasteiger partial charge in [0.2, 0.25) is 0 Å². The zero-order chi connectivity index (χ0) is 14.5. The van der Waals surface area contributed by atoms with Gasteiger partial charge in [0.15, 0.2) is 0 Å². The van der Waals surface area contributed by atoms with E-state index in [-0.39, 0.29) is 0 Å². The second-order valence-electron chi connectivity index (χ2n) is 5.66. The molecule has 0 spiro atoms. The van der Waals surface area contributed by atoms with Crippen molar-refractivity contribution >= 4 is 11.6 Å². The lowest BCUT2D eigenvalue weighted by Crippen LogP contribution is -2.26. The molecule has 4 heteroatoms. The van der Waals surface area contributed by atoms with E-state index in [2.05, 4.69) is 37.9 Å².